The Morgan fingerprint density at radius 2 is 1.88 bits per heavy atom. The lowest BCUT2D eigenvalue weighted by atomic mass is 9.95. The number of fused-ring (bicyclic) bond motifs is 1. The number of furan rings is 1. The van der Waals surface area contributed by atoms with E-state index in [2.05, 4.69) is 20.8 Å². The SMILES string of the molecule is Cc1cc(N(C(=O)[C@@H]2COc3ccccc3O2)[C@@H](C(=O)NC2CCCCC2)c2ccco2)ccc1-n1cnnn1. The van der Waals surface area contributed by atoms with Crippen LogP contribution in [0.1, 0.15) is 49.5 Å². The number of nitrogens with zero attached hydrogens (tertiary/aromatic N) is 5. The maximum absolute atomic E-state index is 14.3. The molecule has 0 unspecified atom stereocenters. The Labute approximate surface area is 231 Å². The number of amides is 2. The van der Waals surface area contributed by atoms with Crippen molar-refractivity contribution in [3.63, 3.8) is 0 Å². The van der Waals surface area contributed by atoms with Crippen molar-refractivity contribution in [1.82, 2.24) is 25.5 Å². The molecule has 1 aliphatic heterocycles. The number of tetrazole rings is 1. The van der Waals surface area contributed by atoms with Crippen LogP contribution in [0.25, 0.3) is 5.69 Å². The molecule has 2 aromatic heterocycles. The normalized spacial score (nSPS) is 17.7. The fraction of sp³-hybridized carbons (Fsp3) is 0.345. The number of carbonyl (C=O) groups excluding carboxylic acids is 2. The Morgan fingerprint density at radius 3 is 2.60 bits per heavy atom. The van der Waals surface area contributed by atoms with E-state index in [4.69, 9.17) is 13.9 Å². The number of benzene rings is 2. The number of carbonyl (C=O) groups is 2. The average Bonchev–Trinajstić information content (AvgIpc) is 3.71. The zero-order valence-corrected chi connectivity index (χ0v) is 22.1. The molecule has 6 rings (SSSR count). The lowest BCUT2D eigenvalue weighted by Crippen LogP contribution is -2.52. The van der Waals surface area contributed by atoms with E-state index in [1.165, 1.54) is 17.5 Å². The number of hydrogen-bond acceptors (Lipinski definition) is 8. The third-order valence-corrected chi connectivity index (χ3v) is 7.35. The molecule has 206 valence electrons. The molecule has 2 aromatic carbocycles. The summed E-state index contributed by atoms with van der Waals surface area (Å²) in [5, 5.41) is 14.6. The lowest BCUT2D eigenvalue weighted by molar-refractivity contribution is -0.132. The second-order valence-electron chi connectivity index (χ2n) is 10.1. The molecule has 11 heteroatoms. The van der Waals surface area contributed by atoms with Crippen molar-refractivity contribution in [2.24, 2.45) is 0 Å². The number of anilines is 1. The van der Waals surface area contributed by atoms with E-state index in [1.807, 2.05) is 31.2 Å². The maximum atomic E-state index is 14.3. The molecule has 0 bridgehead atoms. The summed E-state index contributed by atoms with van der Waals surface area (Å²) in [4.78, 5) is 29.8. The van der Waals surface area contributed by atoms with Crippen LogP contribution >= 0.6 is 0 Å². The number of hydrogen-bond donors (Lipinski definition) is 1. The number of ether oxygens (including phenoxy) is 2. The van der Waals surface area contributed by atoms with Crippen LogP contribution in [-0.2, 0) is 9.59 Å². The third-order valence-electron chi connectivity index (χ3n) is 7.35. The monoisotopic (exact) mass is 542 g/mol. The van der Waals surface area contributed by atoms with Crippen LogP contribution in [0.4, 0.5) is 5.69 Å². The summed E-state index contributed by atoms with van der Waals surface area (Å²) >= 11 is 0. The van der Waals surface area contributed by atoms with Crippen LogP contribution in [0.5, 0.6) is 11.5 Å². The van der Waals surface area contributed by atoms with Gasteiger partial charge in [-0.2, -0.15) is 0 Å². The second kappa shape index (κ2) is 11.2. The molecule has 1 N–H and O–H groups in total. The predicted octanol–water partition coefficient (Wildman–Crippen LogP) is 3.93. The van der Waals surface area contributed by atoms with Crippen molar-refractivity contribution in [1.29, 1.82) is 0 Å². The summed E-state index contributed by atoms with van der Waals surface area (Å²) in [6.07, 6.45) is 7.11. The van der Waals surface area contributed by atoms with Crippen LogP contribution in [-0.4, -0.2) is 50.8 Å². The first kappa shape index (κ1) is 25.6. The maximum Gasteiger partial charge on any atom is 0.272 e. The molecule has 1 fully saturated rings. The fourth-order valence-electron chi connectivity index (χ4n) is 5.37. The van der Waals surface area contributed by atoms with Crippen molar-refractivity contribution in [3.05, 3.63) is 78.5 Å². The average molecular weight is 543 g/mol. The molecule has 0 radical (unpaired) electrons. The highest BCUT2D eigenvalue weighted by atomic mass is 16.6. The van der Waals surface area contributed by atoms with Gasteiger partial charge in [0, 0.05) is 11.7 Å². The van der Waals surface area contributed by atoms with Gasteiger partial charge < -0.3 is 19.2 Å². The predicted molar refractivity (Wildman–Crippen MR) is 144 cm³/mol. The summed E-state index contributed by atoms with van der Waals surface area (Å²) in [7, 11) is 0. The summed E-state index contributed by atoms with van der Waals surface area (Å²) in [5.74, 6) is 0.649. The van der Waals surface area contributed by atoms with E-state index >= 15 is 0 Å². The van der Waals surface area contributed by atoms with Crippen LogP contribution in [0.15, 0.2) is 71.6 Å². The molecule has 11 nitrogen and oxygen atoms in total. The standard InChI is InChI=1S/C29H30N6O5/c1-19-16-21(13-14-22(19)34-18-30-32-33-34)35(29(37)26-17-39-23-10-5-6-11-24(23)40-26)27(25-12-7-15-38-25)28(36)31-20-8-3-2-4-9-20/h5-7,10-16,18,20,26-27H,2-4,8-9,17H2,1H3,(H,31,36)/t26-,27+/m0/s1. The zero-order chi connectivity index (χ0) is 27.5. The van der Waals surface area contributed by atoms with E-state index in [0.29, 0.717) is 22.9 Å². The van der Waals surface area contributed by atoms with Gasteiger partial charge >= 0.3 is 0 Å². The third kappa shape index (κ3) is 5.14. The molecule has 2 aliphatic rings. The topological polar surface area (TPSA) is 125 Å². The molecule has 3 heterocycles. The van der Waals surface area contributed by atoms with Gasteiger partial charge in [-0.25, -0.2) is 4.68 Å². The van der Waals surface area contributed by atoms with Gasteiger partial charge in [-0.05, 0) is 78.2 Å². The Hall–Kier alpha value is -4.67. The summed E-state index contributed by atoms with van der Waals surface area (Å²) in [6, 6.07) is 15.0. The van der Waals surface area contributed by atoms with E-state index in [9.17, 15) is 9.59 Å². The Balaban J connectivity index is 1.40. The molecule has 1 saturated carbocycles. The van der Waals surface area contributed by atoms with Crippen molar-refractivity contribution in [2.45, 2.75) is 57.2 Å². The minimum absolute atomic E-state index is 0.00313. The van der Waals surface area contributed by atoms with Crippen molar-refractivity contribution in [2.75, 3.05) is 11.5 Å². The van der Waals surface area contributed by atoms with Crippen LogP contribution < -0.4 is 19.7 Å². The van der Waals surface area contributed by atoms with Gasteiger partial charge in [-0.15, -0.1) is 5.10 Å². The minimum Gasteiger partial charge on any atom is -0.485 e. The van der Waals surface area contributed by atoms with Gasteiger partial charge in [0.05, 0.1) is 12.0 Å². The Bertz CT molecular complexity index is 1470. The van der Waals surface area contributed by atoms with E-state index < -0.39 is 18.1 Å². The van der Waals surface area contributed by atoms with E-state index in [-0.39, 0.29) is 18.6 Å². The first-order chi connectivity index (χ1) is 19.6. The van der Waals surface area contributed by atoms with Gasteiger partial charge in [-0.1, -0.05) is 31.4 Å². The van der Waals surface area contributed by atoms with E-state index in [0.717, 1.165) is 43.4 Å². The number of aromatic nitrogens is 4. The molecular formula is C29H30N6O5. The number of nitrogens with one attached hydrogen (secondary N) is 1. The molecule has 40 heavy (non-hydrogen) atoms. The number of para-hydroxylation sites is 2. The quantitative estimate of drug-likeness (QED) is 0.373. The molecule has 2 amide bonds. The smallest absolute Gasteiger partial charge is 0.272 e. The first-order valence-corrected chi connectivity index (χ1v) is 13.5. The molecular weight excluding hydrogens is 512 g/mol. The summed E-state index contributed by atoms with van der Waals surface area (Å²) in [6.45, 7) is 1.90. The van der Waals surface area contributed by atoms with Gasteiger partial charge in [-0.3, -0.25) is 14.5 Å². The summed E-state index contributed by atoms with van der Waals surface area (Å²) < 4.78 is 19.3. The molecule has 1 aliphatic carbocycles. The van der Waals surface area contributed by atoms with Crippen LogP contribution in [0, 0.1) is 6.92 Å². The molecule has 4 aromatic rings. The zero-order valence-electron chi connectivity index (χ0n) is 22.1. The largest absolute Gasteiger partial charge is 0.485 e. The number of aryl methyl sites for hydroxylation is 1. The van der Waals surface area contributed by atoms with Crippen molar-refractivity contribution >= 4 is 17.5 Å². The van der Waals surface area contributed by atoms with Gasteiger partial charge in [0.2, 0.25) is 6.10 Å². The minimum atomic E-state index is -1.07. The fourth-order valence-corrected chi connectivity index (χ4v) is 5.37. The Morgan fingerprint density at radius 1 is 1.05 bits per heavy atom. The van der Waals surface area contributed by atoms with Crippen LogP contribution in [0.2, 0.25) is 0 Å². The number of rotatable bonds is 7. The highest BCUT2D eigenvalue weighted by Gasteiger charge is 2.41. The Kier molecular flexibility index (Phi) is 7.17. The van der Waals surface area contributed by atoms with E-state index in [1.54, 1.807) is 35.0 Å². The van der Waals surface area contributed by atoms with Crippen molar-refractivity contribution < 1.29 is 23.5 Å². The van der Waals surface area contributed by atoms with Gasteiger partial charge in [0.15, 0.2) is 17.5 Å². The summed E-state index contributed by atoms with van der Waals surface area (Å²) in [5.41, 5.74) is 2.05. The molecule has 0 spiro atoms. The molecule has 0 saturated heterocycles. The van der Waals surface area contributed by atoms with Gasteiger partial charge in [0.1, 0.15) is 18.7 Å². The lowest BCUT2D eigenvalue weighted by Gasteiger charge is -2.35. The highest BCUT2D eigenvalue weighted by Crippen LogP contribution is 2.35. The first-order valence-electron chi connectivity index (χ1n) is 13.5. The highest BCUT2D eigenvalue weighted by molar-refractivity contribution is 6.03. The second-order valence-corrected chi connectivity index (χ2v) is 10.1. The van der Waals surface area contributed by atoms with Crippen LogP contribution in [0.3, 0.4) is 0 Å². The van der Waals surface area contributed by atoms with Crippen molar-refractivity contribution in [3.8, 4) is 17.2 Å². The van der Waals surface area contributed by atoms with Gasteiger partial charge in [0.25, 0.3) is 11.8 Å². The molecule has 2 atom stereocenters.